The van der Waals surface area contributed by atoms with Crippen LogP contribution in [0.4, 0.5) is 5.82 Å². The molecular formula is C19H20ClN5O. The Morgan fingerprint density at radius 3 is 2.69 bits per heavy atom. The van der Waals surface area contributed by atoms with Crippen molar-refractivity contribution in [3.8, 4) is 6.07 Å². The van der Waals surface area contributed by atoms with E-state index in [0.717, 1.165) is 37.2 Å². The van der Waals surface area contributed by atoms with E-state index in [0.29, 0.717) is 22.1 Å². The highest BCUT2D eigenvalue weighted by atomic mass is 35.5. The van der Waals surface area contributed by atoms with E-state index in [2.05, 4.69) is 26.3 Å². The third kappa shape index (κ3) is 3.63. The summed E-state index contributed by atoms with van der Waals surface area (Å²) in [6, 6.07) is 7.59. The Labute approximate surface area is 157 Å². The Hall–Kier alpha value is -2.65. The maximum Gasteiger partial charge on any atom is 0.270 e. The van der Waals surface area contributed by atoms with Gasteiger partial charge in [-0.2, -0.15) is 5.26 Å². The summed E-state index contributed by atoms with van der Waals surface area (Å²) in [5, 5.41) is 13.1. The zero-order valence-corrected chi connectivity index (χ0v) is 15.5. The summed E-state index contributed by atoms with van der Waals surface area (Å²) in [6.07, 6.45) is 3.18. The lowest BCUT2D eigenvalue weighted by molar-refractivity contribution is 0.0926. The Bertz CT molecular complexity index is 854. The molecule has 0 aliphatic carbocycles. The first-order chi connectivity index (χ1) is 12.5. The van der Waals surface area contributed by atoms with Gasteiger partial charge in [0.2, 0.25) is 0 Å². The van der Waals surface area contributed by atoms with Crippen LogP contribution in [0.2, 0.25) is 5.02 Å². The number of aryl methyl sites for hydroxylation is 1. The molecule has 0 radical (unpaired) electrons. The molecule has 1 aliphatic heterocycles. The molecule has 1 fully saturated rings. The second kappa shape index (κ2) is 7.71. The molecule has 0 saturated carbocycles. The molecule has 1 N–H and O–H groups in total. The predicted octanol–water partition coefficient (Wildman–Crippen LogP) is 3.02. The lowest BCUT2D eigenvalue weighted by Gasteiger charge is -2.34. The Morgan fingerprint density at radius 1 is 1.35 bits per heavy atom. The van der Waals surface area contributed by atoms with E-state index in [4.69, 9.17) is 11.6 Å². The van der Waals surface area contributed by atoms with Crippen LogP contribution in [0, 0.1) is 25.2 Å². The van der Waals surface area contributed by atoms with Gasteiger partial charge in [-0.05, 0) is 44.4 Å². The lowest BCUT2D eigenvalue weighted by atomic mass is 10.0. The Morgan fingerprint density at radius 2 is 2.08 bits per heavy atom. The number of pyridine rings is 2. The summed E-state index contributed by atoms with van der Waals surface area (Å²) in [4.78, 5) is 22.9. The topological polar surface area (TPSA) is 81.9 Å². The van der Waals surface area contributed by atoms with Crippen LogP contribution in [-0.4, -0.2) is 35.0 Å². The van der Waals surface area contributed by atoms with Crippen molar-refractivity contribution in [2.75, 3.05) is 18.0 Å². The third-order valence-electron chi connectivity index (χ3n) is 4.66. The number of nitrogens with zero attached hydrogens (tertiary/aromatic N) is 4. The highest BCUT2D eigenvalue weighted by Crippen LogP contribution is 2.30. The van der Waals surface area contributed by atoms with Crippen LogP contribution in [-0.2, 0) is 0 Å². The number of carbonyl (C=O) groups is 1. The van der Waals surface area contributed by atoms with Gasteiger partial charge >= 0.3 is 0 Å². The number of nitriles is 1. The van der Waals surface area contributed by atoms with Crippen molar-refractivity contribution < 1.29 is 4.79 Å². The average Bonchev–Trinajstić information content (AvgIpc) is 2.67. The van der Waals surface area contributed by atoms with Crippen molar-refractivity contribution in [3.05, 3.63) is 51.9 Å². The van der Waals surface area contributed by atoms with Crippen molar-refractivity contribution in [2.24, 2.45) is 0 Å². The van der Waals surface area contributed by atoms with Crippen LogP contribution in [0.25, 0.3) is 0 Å². The van der Waals surface area contributed by atoms with Crippen molar-refractivity contribution in [1.29, 1.82) is 5.26 Å². The maximum atomic E-state index is 12.2. The molecule has 26 heavy (non-hydrogen) atoms. The Balaban J connectivity index is 1.68. The largest absolute Gasteiger partial charge is 0.355 e. The fraction of sp³-hybridized carbons (Fsp3) is 0.368. The number of carbonyl (C=O) groups excluding carboxylic acids is 1. The van der Waals surface area contributed by atoms with E-state index in [1.165, 1.54) is 0 Å². The molecule has 6 nitrogen and oxygen atoms in total. The van der Waals surface area contributed by atoms with Gasteiger partial charge in [-0.1, -0.05) is 17.7 Å². The molecule has 0 atom stereocenters. The molecule has 0 aromatic carbocycles. The lowest BCUT2D eigenvalue weighted by Crippen LogP contribution is -2.45. The summed E-state index contributed by atoms with van der Waals surface area (Å²) in [5.74, 6) is 0.527. The van der Waals surface area contributed by atoms with E-state index in [9.17, 15) is 10.1 Å². The average molecular weight is 370 g/mol. The maximum absolute atomic E-state index is 12.2. The van der Waals surface area contributed by atoms with Gasteiger partial charge in [-0.15, -0.1) is 0 Å². The minimum absolute atomic E-state index is 0.0841. The first-order valence-electron chi connectivity index (χ1n) is 8.55. The zero-order valence-electron chi connectivity index (χ0n) is 14.8. The third-order valence-corrected chi connectivity index (χ3v) is 5.22. The van der Waals surface area contributed by atoms with Crippen LogP contribution in [0.1, 0.15) is 40.2 Å². The molecule has 7 heteroatoms. The van der Waals surface area contributed by atoms with E-state index in [1.54, 1.807) is 24.4 Å². The smallest absolute Gasteiger partial charge is 0.270 e. The molecule has 1 saturated heterocycles. The number of piperidine rings is 1. The van der Waals surface area contributed by atoms with Gasteiger partial charge in [-0.25, -0.2) is 4.98 Å². The molecule has 3 heterocycles. The van der Waals surface area contributed by atoms with Gasteiger partial charge in [0, 0.05) is 25.3 Å². The molecule has 3 rings (SSSR count). The minimum Gasteiger partial charge on any atom is -0.355 e. The van der Waals surface area contributed by atoms with Gasteiger partial charge in [0.25, 0.3) is 5.91 Å². The first kappa shape index (κ1) is 18.2. The molecule has 134 valence electrons. The molecule has 2 aromatic heterocycles. The number of hydrogen-bond donors (Lipinski definition) is 1. The summed E-state index contributed by atoms with van der Waals surface area (Å²) in [5.41, 5.74) is 2.44. The van der Waals surface area contributed by atoms with Gasteiger partial charge in [-0.3, -0.25) is 9.78 Å². The highest BCUT2D eigenvalue weighted by Gasteiger charge is 2.25. The number of hydrogen-bond acceptors (Lipinski definition) is 5. The number of amides is 1. The normalized spacial score (nSPS) is 14.8. The zero-order chi connectivity index (χ0) is 18.7. The SMILES string of the molecule is Cc1nc(N2CCC(NC(=O)c3ccccn3)CC2)c(C#N)c(C)c1Cl. The number of halogens is 1. The van der Waals surface area contributed by atoms with Gasteiger partial charge in [0.15, 0.2) is 0 Å². The fourth-order valence-corrected chi connectivity index (χ4v) is 3.30. The number of nitrogens with one attached hydrogen (secondary N) is 1. The standard InChI is InChI=1S/C19H20ClN5O/c1-12-15(11-21)18(23-13(2)17(12)20)25-9-6-14(7-10-25)24-19(26)16-5-3-4-8-22-16/h3-5,8,14H,6-7,9-10H2,1-2H3,(H,24,26). The second-order valence-corrected chi connectivity index (χ2v) is 6.77. The molecule has 2 aromatic rings. The van der Waals surface area contributed by atoms with Crippen molar-refractivity contribution >= 4 is 23.3 Å². The summed E-state index contributed by atoms with van der Waals surface area (Å²) in [7, 11) is 0. The van der Waals surface area contributed by atoms with Crippen LogP contribution in [0.15, 0.2) is 24.4 Å². The first-order valence-corrected chi connectivity index (χ1v) is 8.92. The van der Waals surface area contributed by atoms with Crippen LogP contribution in [0.3, 0.4) is 0 Å². The van der Waals surface area contributed by atoms with Crippen molar-refractivity contribution in [2.45, 2.75) is 32.7 Å². The van der Waals surface area contributed by atoms with E-state index >= 15 is 0 Å². The highest BCUT2D eigenvalue weighted by molar-refractivity contribution is 6.32. The van der Waals surface area contributed by atoms with Gasteiger partial charge < -0.3 is 10.2 Å². The second-order valence-electron chi connectivity index (χ2n) is 6.40. The number of anilines is 1. The summed E-state index contributed by atoms with van der Waals surface area (Å²) < 4.78 is 0. The van der Waals surface area contributed by atoms with Gasteiger partial charge in [0.1, 0.15) is 17.6 Å². The van der Waals surface area contributed by atoms with E-state index in [1.807, 2.05) is 13.8 Å². The molecule has 0 unspecified atom stereocenters. The molecule has 1 aliphatic rings. The van der Waals surface area contributed by atoms with Crippen LogP contribution < -0.4 is 10.2 Å². The number of rotatable bonds is 3. The molecule has 0 bridgehead atoms. The molecular weight excluding hydrogens is 350 g/mol. The quantitative estimate of drug-likeness (QED) is 0.899. The summed E-state index contributed by atoms with van der Waals surface area (Å²) >= 11 is 6.23. The van der Waals surface area contributed by atoms with Crippen LogP contribution >= 0.6 is 11.6 Å². The minimum atomic E-state index is -0.155. The predicted molar refractivity (Wildman–Crippen MR) is 100 cm³/mol. The van der Waals surface area contributed by atoms with Gasteiger partial charge in [0.05, 0.1) is 16.3 Å². The summed E-state index contributed by atoms with van der Waals surface area (Å²) in [6.45, 7) is 5.13. The van der Waals surface area contributed by atoms with E-state index in [-0.39, 0.29) is 11.9 Å². The monoisotopic (exact) mass is 369 g/mol. The molecule has 0 spiro atoms. The van der Waals surface area contributed by atoms with Crippen molar-refractivity contribution in [3.63, 3.8) is 0 Å². The number of aromatic nitrogens is 2. The van der Waals surface area contributed by atoms with Crippen molar-refractivity contribution in [1.82, 2.24) is 15.3 Å². The fourth-order valence-electron chi connectivity index (χ4n) is 3.17. The Kier molecular flexibility index (Phi) is 5.38. The molecule has 1 amide bonds. The van der Waals surface area contributed by atoms with Crippen LogP contribution in [0.5, 0.6) is 0 Å². The van der Waals surface area contributed by atoms with E-state index < -0.39 is 0 Å².